The molecule has 3 aromatic rings. The monoisotopic (exact) mass is 465 g/mol. The molecule has 1 N–H and O–H groups in total. The average Bonchev–Trinajstić information content (AvgIpc) is 3.41. The van der Waals surface area contributed by atoms with Gasteiger partial charge >= 0.3 is 11.7 Å². The van der Waals surface area contributed by atoms with Gasteiger partial charge in [0.2, 0.25) is 0 Å². The van der Waals surface area contributed by atoms with Gasteiger partial charge in [-0.2, -0.15) is 11.3 Å². The normalized spacial score (nSPS) is 21.6. The maximum Gasteiger partial charge on any atom is 0.349 e. The van der Waals surface area contributed by atoms with E-state index in [0.29, 0.717) is 36.9 Å². The Labute approximate surface area is 193 Å². The fraction of sp³-hybridized carbons (Fsp3) is 0.333. The molecular formula is C24H23N3O5S. The number of imide groups is 1. The number of nitrogens with zero attached hydrogens (tertiary/aromatic N) is 2. The van der Waals surface area contributed by atoms with E-state index in [1.165, 1.54) is 16.2 Å². The molecule has 5 rings (SSSR count). The Morgan fingerprint density at radius 1 is 1.18 bits per heavy atom. The number of rotatable bonds is 4. The van der Waals surface area contributed by atoms with E-state index in [1.54, 1.807) is 36.1 Å². The van der Waals surface area contributed by atoms with Crippen molar-refractivity contribution >= 4 is 40.2 Å². The predicted molar refractivity (Wildman–Crippen MR) is 123 cm³/mol. The Bertz CT molecular complexity index is 1290. The molecule has 33 heavy (non-hydrogen) atoms. The number of para-hydroxylation sites is 1. The summed E-state index contributed by atoms with van der Waals surface area (Å²) in [5.74, 6) is -0.726. The molecule has 0 unspecified atom stereocenters. The molecule has 0 bridgehead atoms. The molecule has 8 nitrogen and oxygen atoms in total. The lowest BCUT2D eigenvalue weighted by Crippen LogP contribution is -2.54. The van der Waals surface area contributed by atoms with E-state index >= 15 is 0 Å². The van der Waals surface area contributed by atoms with Crippen molar-refractivity contribution in [3.63, 3.8) is 0 Å². The zero-order chi connectivity index (χ0) is 23.2. The van der Waals surface area contributed by atoms with E-state index in [1.807, 2.05) is 22.9 Å². The van der Waals surface area contributed by atoms with Crippen molar-refractivity contribution in [1.82, 2.24) is 15.1 Å². The van der Waals surface area contributed by atoms with Crippen molar-refractivity contribution in [2.45, 2.75) is 31.8 Å². The first-order valence-electron chi connectivity index (χ1n) is 10.8. The summed E-state index contributed by atoms with van der Waals surface area (Å²) in [7, 11) is 0. The molecule has 0 radical (unpaired) electrons. The zero-order valence-corrected chi connectivity index (χ0v) is 18.9. The molecule has 1 atom stereocenters. The standard InChI is InChI=1S/C24H23N3O5S/c1-24(22(30)27(23(31)25-24)13-15-8-11-33-14-15)17-6-9-26(10-7-17)20(28)18-12-16-4-2-3-5-19(16)32-21(18)29/h2-5,8,11-12,14,17H,6-7,9-10,13H2,1H3,(H,25,31)/t24-/m0/s1. The van der Waals surface area contributed by atoms with Crippen LogP contribution in [-0.4, -0.2) is 46.3 Å². The van der Waals surface area contributed by atoms with Crippen LogP contribution in [0.2, 0.25) is 0 Å². The van der Waals surface area contributed by atoms with Crippen LogP contribution in [0.4, 0.5) is 4.79 Å². The number of benzene rings is 1. The molecule has 0 spiro atoms. The van der Waals surface area contributed by atoms with Crippen LogP contribution in [-0.2, 0) is 11.3 Å². The van der Waals surface area contributed by atoms with Crippen LogP contribution in [0.3, 0.4) is 0 Å². The largest absolute Gasteiger partial charge is 0.422 e. The van der Waals surface area contributed by atoms with Crippen molar-refractivity contribution in [3.8, 4) is 0 Å². The molecule has 0 saturated carbocycles. The minimum Gasteiger partial charge on any atom is -0.422 e. The van der Waals surface area contributed by atoms with Crippen molar-refractivity contribution in [1.29, 1.82) is 0 Å². The lowest BCUT2D eigenvalue weighted by molar-refractivity contribution is -0.133. The van der Waals surface area contributed by atoms with Crippen molar-refractivity contribution < 1.29 is 18.8 Å². The van der Waals surface area contributed by atoms with Crippen molar-refractivity contribution in [2.75, 3.05) is 13.1 Å². The van der Waals surface area contributed by atoms with Gasteiger partial charge in [-0.05, 0) is 60.2 Å². The number of carbonyl (C=O) groups is 3. The van der Waals surface area contributed by atoms with E-state index in [2.05, 4.69) is 5.32 Å². The van der Waals surface area contributed by atoms with Crippen LogP contribution in [0.5, 0.6) is 0 Å². The molecule has 0 aliphatic carbocycles. The number of hydrogen-bond acceptors (Lipinski definition) is 6. The lowest BCUT2D eigenvalue weighted by atomic mass is 9.78. The average molecular weight is 466 g/mol. The van der Waals surface area contributed by atoms with E-state index in [-0.39, 0.29) is 35.9 Å². The fourth-order valence-corrected chi connectivity index (χ4v) is 5.40. The summed E-state index contributed by atoms with van der Waals surface area (Å²) in [5.41, 5.74) is -0.305. The molecule has 2 fully saturated rings. The summed E-state index contributed by atoms with van der Waals surface area (Å²) in [6.07, 6.45) is 1.08. The van der Waals surface area contributed by atoms with Gasteiger partial charge in [-0.3, -0.25) is 14.5 Å². The molecule has 2 aromatic heterocycles. The maximum absolute atomic E-state index is 13.2. The third kappa shape index (κ3) is 3.72. The minimum atomic E-state index is -1.01. The Kier molecular flexibility index (Phi) is 5.28. The molecule has 2 saturated heterocycles. The number of fused-ring (bicyclic) bond motifs is 1. The summed E-state index contributed by atoms with van der Waals surface area (Å²) >= 11 is 1.52. The van der Waals surface area contributed by atoms with E-state index < -0.39 is 11.2 Å². The topological polar surface area (TPSA) is 99.9 Å². The molecule has 2 aliphatic heterocycles. The highest BCUT2D eigenvalue weighted by atomic mass is 32.1. The van der Waals surface area contributed by atoms with Crippen LogP contribution < -0.4 is 10.9 Å². The lowest BCUT2D eigenvalue weighted by Gasteiger charge is -2.38. The quantitative estimate of drug-likeness (QED) is 0.471. The van der Waals surface area contributed by atoms with Gasteiger partial charge in [-0.1, -0.05) is 18.2 Å². The van der Waals surface area contributed by atoms with Crippen LogP contribution in [0.1, 0.15) is 35.7 Å². The Balaban J connectivity index is 1.28. The summed E-state index contributed by atoms with van der Waals surface area (Å²) in [6.45, 7) is 2.79. The minimum absolute atomic E-state index is 0.00513. The van der Waals surface area contributed by atoms with Gasteiger partial charge in [-0.15, -0.1) is 0 Å². The van der Waals surface area contributed by atoms with Crippen LogP contribution in [0, 0.1) is 5.92 Å². The summed E-state index contributed by atoms with van der Waals surface area (Å²) < 4.78 is 5.30. The van der Waals surface area contributed by atoms with Gasteiger partial charge < -0.3 is 14.6 Å². The third-order valence-corrected chi connectivity index (χ3v) is 7.42. The number of amides is 4. The second-order valence-electron chi connectivity index (χ2n) is 8.71. The third-order valence-electron chi connectivity index (χ3n) is 6.69. The second kappa shape index (κ2) is 8.15. The van der Waals surface area contributed by atoms with E-state index in [0.717, 1.165) is 5.56 Å². The van der Waals surface area contributed by atoms with Gasteiger partial charge in [0.25, 0.3) is 11.8 Å². The highest BCUT2D eigenvalue weighted by Crippen LogP contribution is 2.34. The van der Waals surface area contributed by atoms with Gasteiger partial charge in [0.05, 0.1) is 6.54 Å². The molecule has 9 heteroatoms. The Morgan fingerprint density at radius 2 is 1.94 bits per heavy atom. The van der Waals surface area contributed by atoms with Crippen LogP contribution >= 0.6 is 11.3 Å². The summed E-state index contributed by atoms with van der Waals surface area (Å²) in [6, 6.07) is 10.1. The highest BCUT2D eigenvalue weighted by molar-refractivity contribution is 7.07. The molecule has 4 amide bonds. The van der Waals surface area contributed by atoms with E-state index in [4.69, 9.17) is 4.42 Å². The van der Waals surface area contributed by atoms with Crippen molar-refractivity contribution in [3.05, 3.63) is 68.7 Å². The number of urea groups is 1. The Hall–Kier alpha value is -3.46. The van der Waals surface area contributed by atoms with Crippen LogP contribution in [0.25, 0.3) is 11.0 Å². The van der Waals surface area contributed by atoms with E-state index in [9.17, 15) is 19.2 Å². The number of piperidine rings is 1. The first-order chi connectivity index (χ1) is 15.9. The first kappa shape index (κ1) is 21.4. The number of carbonyl (C=O) groups excluding carboxylic acids is 3. The molecular weight excluding hydrogens is 442 g/mol. The molecule has 2 aliphatic rings. The Morgan fingerprint density at radius 3 is 2.67 bits per heavy atom. The number of likely N-dealkylation sites (tertiary alicyclic amines) is 1. The SMILES string of the molecule is C[C@@]1(C2CCN(C(=O)c3cc4ccccc4oc3=O)CC2)NC(=O)N(Cc2ccsc2)C1=O. The smallest absolute Gasteiger partial charge is 0.349 e. The summed E-state index contributed by atoms with van der Waals surface area (Å²) in [5, 5.41) is 7.41. The van der Waals surface area contributed by atoms with Crippen molar-refractivity contribution in [2.24, 2.45) is 5.92 Å². The second-order valence-corrected chi connectivity index (χ2v) is 9.49. The predicted octanol–water partition coefficient (Wildman–Crippen LogP) is 3.22. The van der Waals surface area contributed by atoms with Crippen LogP contribution in [0.15, 0.2) is 56.4 Å². The van der Waals surface area contributed by atoms with Gasteiger partial charge in [0, 0.05) is 18.5 Å². The molecule has 4 heterocycles. The van der Waals surface area contributed by atoms with Gasteiger partial charge in [0.1, 0.15) is 16.7 Å². The molecule has 170 valence electrons. The van der Waals surface area contributed by atoms with Gasteiger partial charge in [-0.25, -0.2) is 9.59 Å². The fourth-order valence-electron chi connectivity index (χ4n) is 4.74. The molecule has 1 aromatic carbocycles. The zero-order valence-electron chi connectivity index (χ0n) is 18.1. The first-order valence-corrected chi connectivity index (χ1v) is 11.8. The maximum atomic E-state index is 13.2. The van der Waals surface area contributed by atoms with Gasteiger partial charge in [0.15, 0.2) is 0 Å². The summed E-state index contributed by atoms with van der Waals surface area (Å²) in [4.78, 5) is 54.0. The number of thiophene rings is 1. The number of nitrogens with one attached hydrogen (secondary N) is 1. The highest BCUT2D eigenvalue weighted by Gasteiger charge is 2.52. The number of hydrogen-bond donors (Lipinski definition) is 1.